The van der Waals surface area contributed by atoms with Crippen molar-refractivity contribution >= 4 is 47.8 Å². The zero-order chi connectivity index (χ0) is 8.48. The van der Waals surface area contributed by atoms with Crippen molar-refractivity contribution in [1.29, 1.82) is 0 Å². The minimum Gasteiger partial charge on any atom is -0.225 e. The molecule has 62 valence electrons. The molecule has 0 saturated heterocycles. The minimum absolute atomic E-state index is 0. The number of hydrogen-bond donors (Lipinski definition) is 1. The Kier molecular flexibility index (Phi) is 4.73. The maximum Gasteiger partial charge on any atom is 0.238 e. The van der Waals surface area contributed by atoms with Gasteiger partial charge in [-0.15, -0.1) is 0 Å². The fourth-order valence-electron chi connectivity index (χ4n) is 0.728. The van der Waals surface area contributed by atoms with E-state index in [-0.39, 0.29) is 42.6 Å². The number of nitrogens with two attached hydrogens (primary N) is 1. The number of rotatable bonds is 1. The summed E-state index contributed by atoms with van der Waals surface area (Å²) < 4.78 is 21.4. The Morgan fingerprint density at radius 2 is 1.58 bits per heavy atom. The maximum absolute atomic E-state index is 10.7. The summed E-state index contributed by atoms with van der Waals surface area (Å²) in [4.78, 5) is 0.156. The summed E-state index contributed by atoms with van der Waals surface area (Å²) in [6.45, 7) is 1.88. The van der Waals surface area contributed by atoms with Crippen molar-refractivity contribution in [3.63, 3.8) is 0 Å². The van der Waals surface area contributed by atoms with Crippen LogP contribution in [0.3, 0.4) is 0 Å². The average Bonchev–Trinajstić information content (AvgIpc) is 1.86. The van der Waals surface area contributed by atoms with Crippen molar-refractivity contribution in [3.05, 3.63) is 29.8 Å². The van der Waals surface area contributed by atoms with Crippen LogP contribution in [-0.2, 0) is 10.0 Å². The zero-order valence-corrected chi connectivity index (χ0v) is 9.84. The van der Waals surface area contributed by atoms with Gasteiger partial charge in [-0.25, -0.2) is 13.6 Å². The van der Waals surface area contributed by atoms with Crippen LogP contribution in [0.2, 0.25) is 0 Å². The molecule has 0 amide bonds. The van der Waals surface area contributed by atoms with E-state index in [0.717, 1.165) is 5.56 Å². The van der Waals surface area contributed by atoms with Gasteiger partial charge in [-0.1, -0.05) is 17.7 Å². The molecule has 5 heteroatoms. The van der Waals surface area contributed by atoms with Crippen molar-refractivity contribution in [1.82, 2.24) is 0 Å². The number of benzene rings is 1. The topological polar surface area (TPSA) is 60.2 Å². The van der Waals surface area contributed by atoms with Crippen LogP contribution < -0.4 is 5.14 Å². The van der Waals surface area contributed by atoms with Crippen LogP contribution in [0.4, 0.5) is 0 Å². The van der Waals surface area contributed by atoms with Gasteiger partial charge < -0.3 is 0 Å². The maximum atomic E-state index is 10.7. The van der Waals surface area contributed by atoms with Gasteiger partial charge in [0.1, 0.15) is 0 Å². The van der Waals surface area contributed by atoms with E-state index in [9.17, 15) is 8.42 Å². The van der Waals surface area contributed by atoms with Gasteiger partial charge in [-0.3, -0.25) is 0 Å². The largest absolute Gasteiger partial charge is 0.238 e. The number of hydrogen-bond acceptors (Lipinski definition) is 2. The second-order valence-corrected chi connectivity index (χ2v) is 3.92. The normalized spacial score (nSPS) is 10.5. The molecule has 0 heterocycles. The fraction of sp³-hybridized carbons (Fsp3) is 0.143. The Balaban J connectivity index is 0.00000121. The monoisotopic (exact) mass is 211 g/mol. The van der Waals surface area contributed by atoms with Gasteiger partial charge in [-0.2, -0.15) is 0 Å². The summed E-state index contributed by atoms with van der Waals surface area (Å²) in [5.41, 5.74) is 1.01. The van der Waals surface area contributed by atoms with Crippen LogP contribution in [0.25, 0.3) is 0 Å². The van der Waals surface area contributed by atoms with Gasteiger partial charge >= 0.3 is 0 Å². The number of aryl methyl sites for hydroxylation is 1. The molecule has 0 atom stereocenters. The van der Waals surface area contributed by atoms with E-state index in [4.69, 9.17) is 5.14 Å². The molecule has 0 aliphatic heterocycles. The van der Waals surface area contributed by atoms with E-state index in [1.165, 1.54) is 12.1 Å². The molecule has 1 rings (SSSR count). The summed E-state index contributed by atoms with van der Waals surface area (Å²) in [7, 11) is -3.52. The molecule has 3 nitrogen and oxygen atoms in total. The summed E-state index contributed by atoms with van der Waals surface area (Å²) in [6.07, 6.45) is 0. The fourth-order valence-corrected chi connectivity index (χ4v) is 1.24. The molecule has 0 aromatic heterocycles. The first kappa shape index (κ1) is 12.4. The summed E-state index contributed by atoms with van der Waals surface area (Å²) in [6, 6.07) is 6.40. The molecule has 0 unspecified atom stereocenters. The number of sulfonamides is 1. The SMILES string of the molecule is Cc1ccc(S(N)(=O)=O)cc1.[Ca]. The molecule has 1 aromatic rings. The summed E-state index contributed by atoms with van der Waals surface area (Å²) >= 11 is 0. The van der Waals surface area contributed by atoms with Crippen LogP contribution in [0.1, 0.15) is 5.56 Å². The van der Waals surface area contributed by atoms with E-state index < -0.39 is 10.0 Å². The predicted octanol–water partition coefficient (Wildman–Crippen LogP) is 0.262. The molecule has 0 spiro atoms. The Bertz CT molecular complexity index is 344. The molecule has 0 fully saturated rings. The van der Waals surface area contributed by atoms with Crippen LogP contribution in [-0.4, -0.2) is 46.2 Å². The molecule has 0 bridgehead atoms. The molecule has 12 heavy (non-hydrogen) atoms. The second kappa shape index (κ2) is 4.58. The van der Waals surface area contributed by atoms with Gasteiger partial charge in [-0.05, 0) is 19.1 Å². The Morgan fingerprint density at radius 1 is 1.17 bits per heavy atom. The van der Waals surface area contributed by atoms with E-state index >= 15 is 0 Å². The molecule has 2 radical (unpaired) electrons. The standard InChI is InChI=1S/C7H9NO2S.Ca/c1-6-2-4-7(5-3-6)11(8,9)10;/h2-5H,1H3,(H2,8,9,10);. The molecule has 2 N–H and O–H groups in total. The van der Waals surface area contributed by atoms with Crippen molar-refractivity contribution in [2.24, 2.45) is 5.14 Å². The first-order chi connectivity index (χ1) is 5.00. The van der Waals surface area contributed by atoms with Gasteiger partial charge in [0.15, 0.2) is 0 Å². The number of primary sulfonamides is 1. The summed E-state index contributed by atoms with van der Waals surface area (Å²) in [5.74, 6) is 0. The van der Waals surface area contributed by atoms with Crippen LogP contribution in [0, 0.1) is 6.92 Å². The first-order valence-corrected chi connectivity index (χ1v) is 4.64. The first-order valence-electron chi connectivity index (χ1n) is 3.09. The zero-order valence-electron chi connectivity index (χ0n) is 6.82. The molecule has 0 aliphatic rings. The van der Waals surface area contributed by atoms with Crippen molar-refractivity contribution in [2.45, 2.75) is 11.8 Å². The van der Waals surface area contributed by atoms with Crippen LogP contribution >= 0.6 is 0 Å². The smallest absolute Gasteiger partial charge is 0.225 e. The molecule has 1 aromatic carbocycles. The van der Waals surface area contributed by atoms with Gasteiger partial charge in [0.05, 0.1) is 4.90 Å². The predicted molar refractivity (Wildman–Crippen MR) is 48.3 cm³/mol. The minimum atomic E-state index is -3.52. The second-order valence-electron chi connectivity index (χ2n) is 2.36. The Morgan fingerprint density at radius 3 is 1.92 bits per heavy atom. The van der Waals surface area contributed by atoms with E-state index in [0.29, 0.717) is 0 Å². The van der Waals surface area contributed by atoms with Gasteiger partial charge in [0.25, 0.3) is 0 Å². The third-order valence-corrected chi connectivity index (χ3v) is 2.28. The molecule has 0 aliphatic carbocycles. The van der Waals surface area contributed by atoms with Gasteiger partial charge in [0.2, 0.25) is 10.0 Å². The average molecular weight is 211 g/mol. The third-order valence-electron chi connectivity index (χ3n) is 1.35. The van der Waals surface area contributed by atoms with Crippen molar-refractivity contribution in [2.75, 3.05) is 0 Å². The molecule has 0 saturated carbocycles. The quantitative estimate of drug-likeness (QED) is 0.677. The molecular weight excluding hydrogens is 202 g/mol. The Hall–Kier alpha value is 0.390. The van der Waals surface area contributed by atoms with E-state index in [1.807, 2.05) is 6.92 Å². The summed E-state index contributed by atoms with van der Waals surface area (Å²) in [5, 5.41) is 4.88. The van der Waals surface area contributed by atoms with Gasteiger partial charge in [0, 0.05) is 37.7 Å². The third kappa shape index (κ3) is 3.41. The van der Waals surface area contributed by atoms with Crippen molar-refractivity contribution in [3.8, 4) is 0 Å². The van der Waals surface area contributed by atoms with Crippen LogP contribution in [0.5, 0.6) is 0 Å². The Labute approximate surface area is 102 Å². The van der Waals surface area contributed by atoms with E-state index in [2.05, 4.69) is 0 Å². The van der Waals surface area contributed by atoms with Crippen LogP contribution in [0.15, 0.2) is 29.2 Å². The van der Waals surface area contributed by atoms with Crippen molar-refractivity contribution < 1.29 is 8.42 Å². The molecular formula is C7H9CaNO2S. The van der Waals surface area contributed by atoms with E-state index in [1.54, 1.807) is 12.1 Å².